The van der Waals surface area contributed by atoms with Gasteiger partial charge in [-0.3, -0.25) is 14.9 Å². The Balaban J connectivity index is 2.30. The smallest absolute Gasteiger partial charge is 0.286 e. The number of amides is 1. The Hall–Kier alpha value is -1.52. The molecule has 0 N–H and O–H groups in total. The molecule has 1 aliphatic heterocycles. The number of rotatable bonds is 14. The number of unbranched alkanes of at least 4 members (excludes halogenated alkanes) is 2. The van der Waals surface area contributed by atoms with Gasteiger partial charge in [-0.25, -0.2) is 0 Å². The zero-order valence-corrected chi connectivity index (χ0v) is 21.4. The Morgan fingerprint density at radius 1 is 1.31 bits per heavy atom. The van der Waals surface area contributed by atoms with Gasteiger partial charge in [0.1, 0.15) is 11.0 Å². The van der Waals surface area contributed by atoms with Crippen LogP contribution in [-0.4, -0.2) is 65.2 Å². The van der Waals surface area contributed by atoms with Gasteiger partial charge in [-0.15, -0.1) is 11.8 Å². The average molecular weight is 533 g/mol. The number of benzene rings is 1. The van der Waals surface area contributed by atoms with Crippen molar-refractivity contribution < 1.29 is 23.9 Å². The van der Waals surface area contributed by atoms with Gasteiger partial charge in [-0.05, 0) is 44.8 Å². The fourth-order valence-electron chi connectivity index (χ4n) is 3.78. The highest BCUT2D eigenvalue weighted by molar-refractivity contribution is 9.09. The minimum Gasteiger partial charge on any atom is -0.493 e. The lowest BCUT2D eigenvalue weighted by Crippen LogP contribution is -2.43. The van der Waals surface area contributed by atoms with Crippen LogP contribution >= 0.6 is 27.7 Å². The van der Waals surface area contributed by atoms with Crippen LogP contribution in [-0.2, 0) is 4.74 Å². The Morgan fingerprint density at radius 3 is 2.72 bits per heavy atom. The van der Waals surface area contributed by atoms with E-state index in [-0.39, 0.29) is 34.4 Å². The van der Waals surface area contributed by atoms with E-state index in [0.717, 1.165) is 43.2 Å². The molecule has 0 spiro atoms. The van der Waals surface area contributed by atoms with Gasteiger partial charge in [-0.2, -0.15) is 0 Å². The monoisotopic (exact) mass is 532 g/mol. The highest BCUT2D eigenvalue weighted by Crippen LogP contribution is 2.37. The van der Waals surface area contributed by atoms with Crippen LogP contribution in [0.15, 0.2) is 12.1 Å². The van der Waals surface area contributed by atoms with Crippen molar-refractivity contribution in [3.63, 3.8) is 0 Å². The van der Waals surface area contributed by atoms with Crippen LogP contribution in [0.25, 0.3) is 0 Å². The summed E-state index contributed by atoms with van der Waals surface area (Å²) in [6.07, 6.45) is 4.49. The first kappa shape index (κ1) is 26.7. The summed E-state index contributed by atoms with van der Waals surface area (Å²) < 4.78 is 17.0. The molecule has 1 amide bonds. The molecule has 0 radical (unpaired) electrons. The molecule has 1 heterocycles. The zero-order valence-electron chi connectivity index (χ0n) is 19.0. The summed E-state index contributed by atoms with van der Waals surface area (Å²) in [7, 11) is 1.47. The van der Waals surface area contributed by atoms with Gasteiger partial charge in [-0.1, -0.05) is 22.9 Å². The molecule has 1 fully saturated rings. The number of hydrogen-bond donors (Lipinski definition) is 0. The van der Waals surface area contributed by atoms with E-state index in [2.05, 4.69) is 15.9 Å². The Kier molecular flexibility index (Phi) is 11.6. The van der Waals surface area contributed by atoms with E-state index < -0.39 is 4.92 Å². The molecule has 0 saturated carbocycles. The molecule has 180 valence electrons. The van der Waals surface area contributed by atoms with E-state index in [4.69, 9.17) is 14.2 Å². The summed E-state index contributed by atoms with van der Waals surface area (Å²) in [5.41, 5.74) is -0.408. The van der Waals surface area contributed by atoms with Crippen molar-refractivity contribution in [3.05, 3.63) is 27.8 Å². The van der Waals surface area contributed by atoms with Gasteiger partial charge < -0.3 is 19.1 Å². The van der Waals surface area contributed by atoms with Gasteiger partial charge in [0.2, 0.25) is 0 Å². The first-order chi connectivity index (χ1) is 15.5. The van der Waals surface area contributed by atoms with Crippen molar-refractivity contribution in [2.24, 2.45) is 0 Å². The number of ether oxygens (including phenoxy) is 3. The standard InChI is InChI=1S/C22H33BrN2O6S/c1-4-30-22(32-5-2)17-10-9-12-24(17)21(26)16-14-19(29-3)20(15-18(16)25(27)28)31-13-8-6-7-11-23/h14-15,17,22H,4-13H2,1-3H3/t17-,22?/m0/s1. The van der Waals surface area contributed by atoms with Gasteiger partial charge in [0.05, 0.1) is 30.7 Å². The molecule has 1 saturated heterocycles. The van der Waals surface area contributed by atoms with E-state index in [0.29, 0.717) is 25.5 Å². The SMILES string of the molecule is CCOC(SCC)[C@@H]1CCCN1C(=O)c1cc(OC)c(OCCCCCBr)cc1[N+](=O)[O-]. The summed E-state index contributed by atoms with van der Waals surface area (Å²) in [6.45, 7) is 5.49. The molecule has 1 aromatic carbocycles. The Morgan fingerprint density at radius 2 is 2.09 bits per heavy atom. The third-order valence-electron chi connectivity index (χ3n) is 5.28. The molecule has 1 aliphatic rings. The maximum Gasteiger partial charge on any atom is 0.286 e. The molecular weight excluding hydrogens is 500 g/mol. The summed E-state index contributed by atoms with van der Waals surface area (Å²) in [5, 5.41) is 12.8. The van der Waals surface area contributed by atoms with Crippen LogP contribution < -0.4 is 9.47 Å². The second-order valence-electron chi connectivity index (χ2n) is 7.36. The fraction of sp³-hybridized carbons (Fsp3) is 0.682. The number of nitrogens with zero attached hydrogens (tertiary/aromatic N) is 2. The van der Waals surface area contributed by atoms with Crippen LogP contribution in [0, 0.1) is 10.1 Å². The number of nitro benzene ring substituents is 1. The first-order valence-electron chi connectivity index (χ1n) is 11.1. The lowest BCUT2D eigenvalue weighted by Gasteiger charge is -2.31. The topological polar surface area (TPSA) is 91.1 Å². The lowest BCUT2D eigenvalue weighted by atomic mass is 10.1. The molecular formula is C22H33BrN2O6S. The van der Waals surface area contributed by atoms with Crippen molar-refractivity contribution in [3.8, 4) is 11.5 Å². The molecule has 8 nitrogen and oxygen atoms in total. The number of carbonyl (C=O) groups is 1. The van der Waals surface area contributed by atoms with Crippen molar-refractivity contribution >= 4 is 39.3 Å². The fourth-order valence-corrected chi connectivity index (χ4v) is 5.24. The Bertz CT molecular complexity index is 760. The van der Waals surface area contributed by atoms with Crippen LogP contribution in [0.5, 0.6) is 11.5 Å². The maximum atomic E-state index is 13.5. The molecule has 1 unspecified atom stereocenters. The molecule has 0 bridgehead atoms. The molecule has 32 heavy (non-hydrogen) atoms. The van der Waals surface area contributed by atoms with Crippen LogP contribution in [0.3, 0.4) is 0 Å². The quantitative estimate of drug-likeness (QED) is 0.106. The molecule has 0 aromatic heterocycles. The number of halogens is 1. The number of thioether (sulfide) groups is 1. The number of likely N-dealkylation sites (tertiary alicyclic amines) is 1. The average Bonchev–Trinajstić information content (AvgIpc) is 3.27. The highest BCUT2D eigenvalue weighted by Gasteiger charge is 2.38. The third kappa shape index (κ3) is 6.99. The van der Waals surface area contributed by atoms with Gasteiger partial charge >= 0.3 is 0 Å². The summed E-state index contributed by atoms with van der Waals surface area (Å²) >= 11 is 5.05. The van der Waals surface area contributed by atoms with Crippen LogP contribution in [0.2, 0.25) is 0 Å². The van der Waals surface area contributed by atoms with E-state index in [1.54, 1.807) is 16.7 Å². The van der Waals surface area contributed by atoms with E-state index >= 15 is 0 Å². The molecule has 2 rings (SSSR count). The van der Waals surface area contributed by atoms with E-state index in [1.807, 2.05) is 13.8 Å². The van der Waals surface area contributed by atoms with Crippen molar-refractivity contribution in [2.45, 2.75) is 57.4 Å². The number of methoxy groups -OCH3 is 1. The van der Waals surface area contributed by atoms with Crippen molar-refractivity contribution in [1.82, 2.24) is 4.90 Å². The summed E-state index contributed by atoms with van der Waals surface area (Å²) in [4.78, 5) is 26.5. The van der Waals surface area contributed by atoms with E-state index in [1.165, 1.54) is 19.2 Å². The predicted molar refractivity (Wildman–Crippen MR) is 130 cm³/mol. The minimum atomic E-state index is -0.531. The Labute approximate surface area is 202 Å². The largest absolute Gasteiger partial charge is 0.493 e. The van der Waals surface area contributed by atoms with E-state index in [9.17, 15) is 14.9 Å². The van der Waals surface area contributed by atoms with Gasteiger partial charge in [0, 0.05) is 24.5 Å². The van der Waals surface area contributed by atoms with Gasteiger partial charge in [0.25, 0.3) is 11.6 Å². The summed E-state index contributed by atoms with van der Waals surface area (Å²) in [5.74, 6) is 1.09. The lowest BCUT2D eigenvalue weighted by molar-refractivity contribution is -0.385. The summed E-state index contributed by atoms with van der Waals surface area (Å²) in [6, 6.07) is 2.62. The van der Waals surface area contributed by atoms with Crippen LogP contribution in [0.1, 0.15) is 56.3 Å². The normalized spacial score (nSPS) is 16.8. The zero-order chi connectivity index (χ0) is 23.5. The maximum absolute atomic E-state index is 13.5. The number of hydrogen-bond acceptors (Lipinski definition) is 7. The molecule has 2 atom stereocenters. The molecule has 10 heteroatoms. The number of carbonyl (C=O) groups excluding carboxylic acids is 1. The van der Waals surface area contributed by atoms with Crippen molar-refractivity contribution in [2.75, 3.05) is 38.0 Å². The van der Waals surface area contributed by atoms with Crippen molar-refractivity contribution in [1.29, 1.82) is 0 Å². The predicted octanol–water partition coefficient (Wildman–Crippen LogP) is 5.27. The second kappa shape index (κ2) is 13.9. The minimum absolute atomic E-state index is 0.0159. The third-order valence-corrected chi connectivity index (χ3v) is 6.95. The number of alkyl halides is 1. The van der Waals surface area contributed by atoms with Gasteiger partial charge in [0.15, 0.2) is 11.5 Å². The first-order valence-corrected chi connectivity index (χ1v) is 13.2. The van der Waals surface area contributed by atoms with Crippen LogP contribution in [0.4, 0.5) is 5.69 Å². The number of nitro groups is 1. The molecule has 1 aromatic rings. The molecule has 0 aliphatic carbocycles. The second-order valence-corrected chi connectivity index (χ2v) is 9.53. The highest BCUT2D eigenvalue weighted by atomic mass is 79.9.